The summed E-state index contributed by atoms with van der Waals surface area (Å²) in [6.45, 7) is 4.06. The zero-order valence-corrected chi connectivity index (χ0v) is 12.5. The molecule has 2 rings (SSSR count). The van der Waals surface area contributed by atoms with Crippen molar-refractivity contribution in [1.29, 1.82) is 0 Å². The number of aryl methyl sites for hydroxylation is 1. The van der Waals surface area contributed by atoms with E-state index in [4.69, 9.17) is 4.74 Å². The minimum atomic E-state index is -0.571. The van der Waals surface area contributed by atoms with Gasteiger partial charge in [0.25, 0.3) is 0 Å². The number of aliphatic hydroxyl groups is 1. The van der Waals surface area contributed by atoms with Gasteiger partial charge in [-0.05, 0) is 44.2 Å². The molecule has 0 bridgehead atoms. The average molecular weight is 322 g/mol. The molecule has 4 heteroatoms. The molecule has 1 aromatic heterocycles. The highest BCUT2D eigenvalue weighted by atomic mass is 79.9. The third-order valence-electron chi connectivity index (χ3n) is 2.74. The lowest BCUT2D eigenvalue weighted by Gasteiger charge is -2.13. The SMILES string of the molecule is Cc1cccc(COc2ccc(Br)cc2C(C)O)n1. The Balaban J connectivity index is 2.15. The van der Waals surface area contributed by atoms with E-state index in [-0.39, 0.29) is 0 Å². The Hall–Kier alpha value is -1.39. The molecule has 0 amide bonds. The molecule has 0 radical (unpaired) electrons. The fourth-order valence-electron chi connectivity index (χ4n) is 1.81. The number of aliphatic hydroxyl groups excluding tert-OH is 1. The first-order valence-corrected chi connectivity index (χ1v) is 6.88. The van der Waals surface area contributed by atoms with E-state index in [2.05, 4.69) is 20.9 Å². The van der Waals surface area contributed by atoms with Crippen molar-refractivity contribution in [3.8, 4) is 5.75 Å². The molecule has 0 spiro atoms. The first-order valence-electron chi connectivity index (χ1n) is 6.09. The molecule has 1 N–H and O–H groups in total. The molecule has 0 saturated heterocycles. The second kappa shape index (κ2) is 6.17. The van der Waals surface area contributed by atoms with Crippen molar-refractivity contribution in [2.45, 2.75) is 26.6 Å². The molecule has 100 valence electrons. The van der Waals surface area contributed by atoms with Crippen molar-refractivity contribution in [2.75, 3.05) is 0 Å². The van der Waals surface area contributed by atoms with Crippen LogP contribution in [0.5, 0.6) is 5.75 Å². The molecule has 0 saturated carbocycles. The summed E-state index contributed by atoms with van der Waals surface area (Å²) < 4.78 is 6.67. The maximum absolute atomic E-state index is 9.75. The normalized spacial score (nSPS) is 12.2. The molecule has 0 fully saturated rings. The van der Waals surface area contributed by atoms with E-state index in [1.807, 2.05) is 43.3 Å². The van der Waals surface area contributed by atoms with Crippen LogP contribution in [0.4, 0.5) is 0 Å². The summed E-state index contributed by atoms with van der Waals surface area (Å²) in [5, 5.41) is 9.75. The quantitative estimate of drug-likeness (QED) is 0.931. The molecular weight excluding hydrogens is 306 g/mol. The Morgan fingerprint density at radius 2 is 2.11 bits per heavy atom. The molecule has 0 aliphatic carbocycles. The monoisotopic (exact) mass is 321 g/mol. The lowest BCUT2D eigenvalue weighted by Crippen LogP contribution is -2.03. The van der Waals surface area contributed by atoms with Gasteiger partial charge in [0.15, 0.2) is 0 Å². The largest absolute Gasteiger partial charge is 0.487 e. The van der Waals surface area contributed by atoms with Crippen LogP contribution in [0.25, 0.3) is 0 Å². The first-order chi connectivity index (χ1) is 9.06. The molecular formula is C15H16BrNO2. The van der Waals surface area contributed by atoms with Crippen LogP contribution in [0.3, 0.4) is 0 Å². The van der Waals surface area contributed by atoms with Gasteiger partial charge in [-0.2, -0.15) is 0 Å². The Kier molecular flexibility index (Phi) is 4.56. The van der Waals surface area contributed by atoms with Crippen molar-refractivity contribution in [3.63, 3.8) is 0 Å². The molecule has 1 unspecified atom stereocenters. The van der Waals surface area contributed by atoms with Crippen molar-refractivity contribution < 1.29 is 9.84 Å². The maximum Gasteiger partial charge on any atom is 0.130 e. The molecule has 3 nitrogen and oxygen atoms in total. The van der Waals surface area contributed by atoms with Gasteiger partial charge >= 0.3 is 0 Å². The number of aromatic nitrogens is 1. The summed E-state index contributed by atoms with van der Waals surface area (Å²) in [4.78, 5) is 4.38. The van der Waals surface area contributed by atoms with Gasteiger partial charge in [0.05, 0.1) is 11.8 Å². The van der Waals surface area contributed by atoms with Crippen LogP contribution in [0.15, 0.2) is 40.9 Å². The smallest absolute Gasteiger partial charge is 0.130 e. The van der Waals surface area contributed by atoms with E-state index in [1.165, 1.54) is 0 Å². The summed E-state index contributed by atoms with van der Waals surface area (Å²) in [7, 11) is 0. The second-order valence-electron chi connectivity index (χ2n) is 4.42. The molecule has 1 aromatic carbocycles. The fourth-order valence-corrected chi connectivity index (χ4v) is 2.19. The number of benzene rings is 1. The number of rotatable bonds is 4. The van der Waals surface area contributed by atoms with Gasteiger partial charge in [-0.3, -0.25) is 4.98 Å². The van der Waals surface area contributed by atoms with Gasteiger partial charge < -0.3 is 9.84 Å². The minimum absolute atomic E-state index is 0.392. The average Bonchev–Trinajstić information content (AvgIpc) is 2.37. The maximum atomic E-state index is 9.75. The zero-order valence-electron chi connectivity index (χ0n) is 10.9. The number of ether oxygens (including phenoxy) is 1. The molecule has 1 heterocycles. The minimum Gasteiger partial charge on any atom is -0.487 e. The van der Waals surface area contributed by atoms with Crippen molar-refractivity contribution in [2.24, 2.45) is 0 Å². The molecule has 19 heavy (non-hydrogen) atoms. The van der Waals surface area contributed by atoms with Gasteiger partial charge in [0, 0.05) is 15.7 Å². The van der Waals surface area contributed by atoms with Gasteiger partial charge in [0.1, 0.15) is 12.4 Å². The van der Waals surface area contributed by atoms with Crippen LogP contribution in [0, 0.1) is 6.92 Å². The van der Waals surface area contributed by atoms with Gasteiger partial charge in [-0.25, -0.2) is 0 Å². The lowest BCUT2D eigenvalue weighted by molar-refractivity contribution is 0.189. The topological polar surface area (TPSA) is 42.4 Å². The van der Waals surface area contributed by atoms with Gasteiger partial charge in [0.2, 0.25) is 0 Å². The van der Waals surface area contributed by atoms with Crippen molar-refractivity contribution >= 4 is 15.9 Å². The van der Waals surface area contributed by atoms with Crippen LogP contribution in [-0.2, 0) is 6.61 Å². The zero-order chi connectivity index (χ0) is 13.8. The summed E-state index contributed by atoms with van der Waals surface area (Å²) in [5.74, 6) is 0.682. The standard InChI is InChI=1S/C15H16BrNO2/c1-10-4-3-5-13(17-10)9-19-15-7-6-12(16)8-14(15)11(2)18/h3-8,11,18H,9H2,1-2H3. The van der Waals surface area contributed by atoms with Gasteiger partial charge in [-0.1, -0.05) is 22.0 Å². The van der Waals surface area contributed by atoms with Gasteiger partial charge in [-0.15, -0.1) is 0 Å². The lowest BCUT2D eigenvalue weighted by atomic mass is 10.1. The molecule has 0 aliphatic rings. The van der Waals surface area contributed by atoms with E-state index in [0.29, 0.717) is 12.4 Å². The van der Waals surface area contributed by atoms with Crippen molar-refractivity contribution in [3.05, 3.63) is 57.8 Å². The summed E-state index contributed by atoms with van der Waals surface area (Å²) in [6, 6.07) is 11.4. The van der Waals surface area contributed by atoms with Crippen molar-refractivity contribution in [1.82, 2.24) is 4.98 Å². The number of hydrogen-bond acceptors (Lipinski definition) is 3. The third kappa shape index (κ3) is 3.78. The van der Waals surface area contributed by atoms with E-state index >= 15 is 0 Å². The van der Waals surface area contributed by atoms with E-state index in [0.717, 1.165) is 21.4 Å². The van der Waals surface area contributed by atoms with Crippen LogP contribution in [-0.4, -0.2) is 10.1 Å². The number of hydrogen-bond donors (Lipinski definition) is 1. The second-order valence-corrected chi connectivity index (χ2v) is 5.33. The van der Waals surface area contributed by atoms with E-state index < -0.39 is 6.10 Å². The summed E-state index contributed by atoms with van der Waals surface area (Å²) in [6.07, 6.45) is -0.571. The fraction of sp³-hybridized carbons (Fsp3) is 0.267. The predicted molar refractivity (Wildman–Crippen MR) is 78.1 cm³/mol. The Labute approximate surface area is 121 Å². The highest BCUT2D eigenvalue weighted by Gasteiger charge is 2.10. The highest BCUT2D eigenvalue weighted by molar-refractivity contribution is 9.10. The first kappa shape index (κ1) is 14.0. The number of nitrogens with zero attached hydrogens (tertiary/aromatic N) is 1. The summed E-state index contributed by atoms with van der Waals surface area (Å²) in [5.41, 5.74) is 2.61. The van der Waals surface area contributed by atoms with E-state index in [9.17, 15) is 5.11 Å². The Morgan fingerprint density at radius 1 is 1.32 bits per heavy atom. The summed E-state index contributed by atoms with van der Waals surface area (Å²) >= 11 is 3.39. The Morgan fingerprint density at radius 3 is 2.79 bits per heavy atom. The Bertz CT molecular complexity index is 570. The van der Waals surface area contributed by atoms with Crippen LogP contribution < -0.4 is 4.74 Å². The molecule has 0 aliphatic heterocycles. The van der Waals surface area contributed by atoms with Crippen LogP contribution >= 0.6 is 15.9 Å². The van der Waals surface area contributed by atoms with Crippen LogP contribution in [0.2, 0.25) is 0 Å². The number of halogens is 1. The number of pyridine rings is 1. The van der Waals surface area contributed by atoms with E-state index in [1.54, 1.807) is 6.92 Å². The third-order valence-corrected chi connectivity index (χ3v) is 3.24. The van der Waals surface area contributed by atoms with Crippen LogP contribution in [0.1, 0.15) is 30.0 Å². The highest BCUT2D eigenvalue weighted by Crippen LogP contribution is 2.28. The molecule has 2 aromatic rings. The molecule has 1 atom stereocenters. The predicted octanol–water partition coefficient (Wildman–Crippen LogP) is 3.78.